The van der Waals surface area contributed by atoms with Gasteiger partial charge in [0.15, 0.2) is 0 Å². The number of hydrogen-bond donors (Lipinski definition) is 0. The number of hydrogen-bond acceptors (Lipinski definition) is 4. The molecular formula is C12H17N3S. The lowest BCUT2D eigenvalue weighted by molar-refractivity contribution is 0.671. The Bertz CT molecular complexity index is 373. The molecule has 1 aromatic rings. The first-order valence-electron chi connectivity index (χ1n) is 5.30. The van der Waals surface area contributed by atoms with Gasteiger partial charge < -0.3 is 4.90 Å². The van der Waals surface area contributed by atoms with Gasteiger partial charge >= 0.3 is 0 Å². The molecule has 0 spiro atoms. The van der Waals surface area contributed by atoms with Gasteiger partial charge in [0.1, 0.15) is 6.07 Å². The summed E-state index contributed by atoms with van der Waals surface area (Å²) in [5, 5.41) is 9.04. The van der Waals surface area contributed by atoms with Gasteiger partial charge in [-0.3, -0.25) is 4.98 Å². The van der Waals surface area contributed by atoms with Crippen LogP contribution in [0, 0.1) is 11.3 Å². The Morgan fingerprint density at radius 2 is 2.38 bits per heavy atom. The lowest BCUT2D eigenvalue weighted by Crippen LogP contribution is -2.33. The fourth-order valence-corrected chi connectivity index (χ4v) is 2.50. The van der Waals surface area contributed by atoms with E-state index in [4.69, 9.17) is 5.26 Å². The van der Waals surface area contributed by atoms with Crippen molar-refractivity contribution in [2.24, 2.45) is 0 Å². The predicted molar refractivity (Wildman–Crippen MR) is 69.8 cm³/mol. The first kappa shape index (κ1) is 12.9. The summed E-state index contributed by atoms with van der Waals surface area (Å²) in [6, 6.07) is 4.42. The maximum Gasteiger partial charge on any atom is 0.101 e. The minimum absolute atomic E-state index is 0.450. The molecule has 0 N–H and O–H groups in total. The Balaban J connectivity index is 2.94. The minimum Gasteiger partial charge on any atom is -0.368 e. The second kappa shape index (κ2) is 6.39. The highest BCUT2D eigenvalue weighted by atomic mass is 32.2. The predicted octanol–water partition coefficient (Wildman–Crippen LogP) is 2.53. The summed E-state index contributed by atoms with van der Waals surface area (Å²) in [5.41, 5.74) is 1.61. The van der Waals surface area contributed by atoms with E-state index >= 15 is 0 Å². The Kier molecular flexibility index (Phi) is 5.13. The topological polar surface area (TPSA) is 39.9 Å². The molecular weight excluding hydrogens is 218 g/mol. The first-order valence-corrected chi connectivity index (χ1v) is 6.69. The fraction of sp³-hybridized carbons (Fsp3) is 0.500. The van der Waals surface area contributed by atoms with Crippen molar-refractivity contribution in [2.45, 2.75) is 19.4 Å². The zero-order valence-electron chi connectivity index (χ0n) is 9.97. The number of pyridine rings is 1. The molecule has 1 heterocycles. The molecule has 0 aliphatic rings. The number of aromatic nitrogens is 1. The van der Waals surface area contributed by atoms with Crippen molar-refractivity contribution < 1.29 is 0 Å². The van der Waals surface area contributed by atoms with Gasteiger partial charge in [-0.2, -0.15) is 17.0 Å². The normalized spacial score (nSPS) is 11.9. The SMILES string of the molecule is CCC(CSC)N(C)c1cnccc1C#N. The van der Waals surface area contributed by atoms with Gasteiger partial charge in [0.2, 0.25) is 0 Å². The lowest BCUT2D eigenvalue weighted by atomic mass is 10.1. The molecule has 0 aliphatic heterocycles. The molecule has 0 fully saturated rings. The highest BCUT2D eigenvalue weighted by Gasteiger charge is 2.15. The molecule has 0 amide bonds. The van der Waals surface area contributed by atoms with Crippen molar-refractivity contribution in [3.8, 4) is 6.07 Å². The van der Waals surface area contributed by atoms with E-state index < -0.39 is 0 Å². The zero-order valence-corrected chi connectivity index (χ0v) is 10.8. The van der Waals surface area contributed by atoms with Crippen LogP contribution in [0.15, 0.2) is 18.5 Å². The van der Waals surface area contributed by atoms with Crippen molar-refractivity contribution >= 4 is 17.4 Å². The average Bonchev–Trinajstić information content (AvgIpc) is 2.35. The minimum atomic E-state index is 0.450. The summed E-state index contributed by atoms with van der Waals surface area (Å²) in [7, 11) is 2.03. The molecule has 0 bridgehead atoms. The van der Waals surface area contributed by atoms with Crippen LogP contribution in [0.4, 0.5) is 5.69 Å². The van der Waals surface area contributed by atoms with Crippen LogP contribution in [-0.4, -0.2) is 30.1 Å². The molecule has 4 heteroatoms. The highest BCUT2D eigenvalue weighted by molar-refractivity contribution is 7.98. The van der Waals surface area contributed by atoms with Gasteiger partial charge in [0.25, 0.3) is 0 Å². The summed E-state index contributed by atoms with van der Waals surface area (Å²) in [6.45, 7) is 2.17. The third-order valence-electron chi connectivity index (χ3n) is 2.68. The Hall–Kier alpha value is -1.21. The monoisotopic (exact) mass is 235 g/mol. The van der Waals surface area contributed by atoms with Crippen LogP contribution in [-0.2, 0) is 0 Å². The molecule has 1 unspecified atom stereocenters. The molecule has 16 heavy (non-hydrogen) atoms. The molecule has 0 saturated carbocycles. The van der Waals surface area contributed by atoms with E-state index in [0.717, 1.165) is 17.9 Å². The number of rotatable bonds is 5. The maximum absolute atomic E-state index is 9.04. The number of anilines is 1. The molecule has 86 valence electrons. The standard InChI is InChI=1S/C12H17N3S/c1-4-11(9-16-3)15(2)12-8-14-6-5-10(12)7-13/h5-6,8,11H,4,9H2,1-3H3. The van der Waals surface area contributed by atoms with Crippen molar-refractivity contribution in [3.05, 3.63) is 24.0 Å². The Labute approximate surface area is 101 Å². The van der Waals surface area contributed by atoms with E-state index in [-0.39, 0.29) is 0 Å². The van der Waals surface area contributed by atoms with Crippen molar-refractivity contribution in [1.29, 1.82) is 5.26 Å². The van der Waals surface area contributed by atoms with Gasteiger partial charge in [0.05, 0.1) is 17.4 Å². The summed E-state index contributed by atoms with van der Waals surface area (Å²) in [4.78, 5) is 6.25. The second-order valence-electron chi connectivity index (χ2n) is 3.63. The van der Waals surface area contributed by atoms with E-state index in [1.54, 1.807) is 18.5 Å². The van der Waals surface area contributed by atoms with E-state index in [1.165, 1.54) is 0 Å². The van der Waals surface area contributed by atoms with Crippen LogP contribution in [0.25, 0.3) is 0 Å². The van der Waals surface area contributed by atoms with Crippen molar-refractivity contribution in [1.82, 2.24) is 4.98 Å². The van der Waals surface area contributed by atoms with Crippen LogP contribution in [0.1, 0.15) is 18.9 Å². The number of nitriles is 1. The molecule has 1 aromatic heterocycles. The van der Waals surface area contributed by atoms with E-state index in [9.17, 15) is 0 Å². The van der Waals surface area contributed by atoms with Gasteiger partial charge in [0, 0.05) is 25.0 Å². The van der Waals surface area contributed by atoms with E-state index in [2.05, 4.69) is 29.1 Å². The zero-order chi connectivity index (χ0) is 12.0. The summed E-state index contributed by atoms with van der Waals surface area (Å²) in [6.07, 6.45) is 6.59. The van der Waals surface area contributed by atoms with Crippen LogP contribution >= 0.6 is 11.8 Å². The number of nitrogens with zero attached hydrogens (tertiary/aromatic N) is 3. The van der Waals surface area contributed by atoms with E-state index in [1.807, 2.05) is 18.8 Å². The van der Waals surface area contributed by atoms with Crippen LogP contribution in [0.3, 0.4) is 0 Å². The van der Waals surface area contributed by atoms with E-state index in [0.29, 0.717) is 11.6 Å². The Morgan fingerprint density at radius 1 is 1.62 bits per heavy atom. The summed E-state index contributed by atoms with van der Waals surface area (Å²) < 4.78 is 0. The van der Waals surface area contributed by atoms with Gasteiger partial charge in [-0.05, 0) is 18.7 Å². The Morgan fingerprint density at radius 3 is 2.94 bits per heavy atom. The molecule has 0 aromatic carbocycles. The van der Waals surface area contributed by atoms with Crippen LogP contribution in [0.5, 0.6) is 0 Å². The fourth-order valence-electron chi connectivity index (χ4n) is 1.65. The molecule has 1 rings (SSSR count). The first-order chi connectivity index (χ1) is 7.74. The van der Waals surface area contributed by atoms with Crippen molar-refractivity contribution in [3.63, 3.8) is 0 Å². The van der Waals surface area contributed by atoms with Crippen molar-refractivity contribution in [2.75, 3.05) is 24.0 Å². The summed E-state index contributed by atoms with van der Waals surface area (Å²) >= 11 is 1.83. The molecule has 3 nitrogen and oxygen atoms in total. The highest BCUT2D eigenvalue weighted by Crippen LogP contribution is 2.21. The smallest absolute Gasteiger partial charge is 0.101 e. The quantitative estimate of drug-likeness (QED) is 0.786. The van der Waals surface area contributed by atoms with Gasteiger partial charge in [-0.25, -0.2) is 0 Å². The average molecular weight is 235 g/mol. The summed E-state index contributed by atoms with van der Waals surface area (Å²) in [5.74, 6) is 1.06. The number of thioether (sulfide) groups is 1. The van der Waals surface area contributed by atoms with Gasteiger partial charge in [-0.1, -0.05) is 6.92 Å². The largest absolute Gasteiger partial charge is 0.368 e. The second-order valence-corrected chi connectivity index (χ2v) is 4.54. The lowest BCUT2D eigenvalue weighted by Gasteiger charge is -2.29. The molecule has 0 radical (unpaired) electrons. The van der Waals surface area contributed by atoms with Gasteiger partial charge in [-0.15, -0.1) is 0 Å². The van der Waals surface area contributed by atoms with Crippen LogP contribution in [0.2, 0.25) is 0 Å². The molecule has 1 atom stereocenters. The maximum atomic E-state index is 9.04. The third kappa shape index (κ3) is 2.89. The van der Waals surface area contributed by atoms with Crippen LogP contribution < -0.4 is 4.90 Å². The molecule has 0 saturated heterocycles. The molecule has 0 aliphatic carbocycles. The third-order valence-corrected chi connectivity index (χ3v) is 3.40.